The monoisotopic (exact) mass is 189 g/mol. The summed E-state index contributed by atoms with van der Waals surface area (Å²) in [4.78, 5) is 13.3. The summed E-state index contributed by atoms with van der Waals surface area (Å²) in [5.74, 6) is 0.263. The van der Waals surface area contributed by atoms with E-state index in [0.29, 0.717) is 6.42 Å². The highest BCUT2D eigenvalue weighted by molar-refractivity contribution is 5.76. The Bertz CT molecular complexity index is 346. The van der Waals surface area contributed by atoms with Gasteiger partial charge < -0.3 is 4.90 Å². The first kappa shape index (κ1) is 9.25. The molecule has 1 aliphatic rings. The fourth-order valence-corrected chi connectivity index (χ4v) is 1.92. The summed E-state index contributed by atoms with van der Waals surface area (Å²) in [6.45, 7) is 0.759. The van der Waals surface area contributed by atoms with Crippen LogP contribution in [0.3, 0.4) is 0 Å². The molecular formula is C12H15NO. The van der Waals surface area contributed by atoms with Gasteiger partial charge in [0.15, 0.2) is 0 Å². The van der Waals surface area contributed by atoms with Gasteiger partial charge in [-0.25, -0.2) is 0 Å². The fourth-order valence-electron chi connectivity index (χ4n) is 1.92. The highest BCUT2D eigenvalue weighted by Gasteiger charge is 2.14. The molecule has 0 fully saturated rings. The predicted octanol–water partition coefficient (Wildman–Crippen LogP) is 1.98. The summed E-state index contributed by atoms with van der Waals surface area (Å²) in [7, 11) is 1.88. The third kappa shape index (κ3) is 1.79. The highest BCUT2D eigenvalue weighted by atomic mass is 16.2. The number of fused-ring (bicyclic) bond motifs is 1. The molecule has 74 valence electrons. The molecule has 1 amide bonds. The maximum Gasteiger partial charge on any atom is 0.222 e. The second kappa shape index (κ2) is 3.82. The van der Waals surface area contributed by atoms with Gasteiger partial charge in [-0.3, -0.25) is 4.79 Å². The molecule has 1 aromatic carbocycles. The van der Waals surface area contributed by atoms with Gasteiger partial charge in [-0.2, -0.15) is 0 Å². The van der Waals surface area contributed by atoms with Crippen LogP contribution in [0.5, 0.6) is 0 Å². The number of rotatable bonds is 0. The Balaban J connectivity index is 2.29. The average molecular weight is 189 g/mol. The number of amides is 1. The summed E-state index contributed by atoms with van der Waals surface area (Å²) in [6.07, 6.45) is 2.70. The number of carbonyl (C=O) groups excluding carboxylic acids is 1. The van der Waals surface area contributed by atoms with Gasteiger partial charge in [-0.1, -0.05) is 24.3 Å². The van der Waals surface area contributed by atoms with Crippen molar-refractivity contribution in [2.45, 2.75) is 25.8 Å². The van der Waals surface area contributed by atoms with Crippen LogP contribution in [0.4, 0.5) is 0 Å². The minimum absolute atomic E-state index is 0.263. The van der Waals surface area contributed by atoms with Gasteiger partial charge in [0.1, 0.15) is 0 Å². The van der Waals surface area contributed by atoms with Crippen LogP contribution in [0.1, 0.15) is 24.0 Å². The molecule has 0 spiro atoms. The molecule has 0 aliphatic carbocycles. The number of nitrogens with zero attached hydrogens (tertiary/aromatic N) is 1. The van der Waals surface area contributed by atoms with E-state index in [1.807, 2.05) is 18.0 Å². The first-order valence-electron chi connectivity index (χ1n) is 5.08. The van der Waals surface area contributed by atoms with Gasteiger partial charge in [-0.05, 0) is 24.0 Å². The van der Waals surface area contributed by atoms with E-state index in [1.165, 1.54) is 11.1 Å². The van der Waals surface area contributed by atoms with Crippen LogP contribution >= 0.6 is 0 Å². The van der Waals surface area contributed by atoms with Gasteiger partial charge >= 0.3 is 0 Å². The molecular weight excluding hydrogens is 174 g/mol. The molecule has 0 N–H and O–H groups in total. The van der Waals surface area contributed by atoms with E-state index in [1.54, 1.807) is 0 Å². The zero-order valence-corrected chi connectivity index (χ0v) is 8.49. The highest BCUT2D eigenvalue weighted by Crippen LogP contribution is 2.17. The number of benzene rings is 1. The molecule has 1 heterocycles. The molecule has 0 radical (unpaired) electrons. The Morgan fingerprint density at radius 1 is 1.14 bits per heavy atom. The molecule has 1 aromatic rings. The zero-order chi connectivity index (χ0) is 9.97. The number of hydrogen-bond acceptors (Lipinski definition) is 1. The molecule has 2 nitrogen and oxygen atoms in total. The molecule has 0 saturated carbocycles. The fraction of sp³-hybridized carbons (Fsp3) is 0.417. The Hall–Kier alpha value is -1.31. The van der Waals surface area contributed by atoms with E-state index in [4.69, 9.17) is 0 Å². The molecule has 0 atom stereocenters. The zero-order valence-electron chi connectivity index (χ0n) is 8.49. The Morgan fingerprint density at radius 2 is 1.86 bits per heavy atom. The van der Waals surface area contributed by atoms with Crippen LogP contribution < -0.4 is 0 Å². The SMILES string of the molecule is CN1Cc2ccccc2CCCC1=O. The largest absolute Gasteiger partial charge is 0.341 e. The van der Waals surface area contributed by atoms with Crippen molar-refractivity contribution in [2.24, 2.45) is 0 Å². The lowest BCUT2D eigenvalue weighted by Crippen LogP contribution is -2.27. The van der Waals surface area contributed by atoms with Crippen molar-refractivity contribution >= 4 is 5.91 Å². The molecule has 0 aromatic heterocycles. The number of aryl methyl sites for hydroxylation is 1. The van der Waals surface area contributed by atoms with Crippen LogP contribution in [0.25, 0.3) is 0 Å². The van der Waals surface area contributed by atoms with Crippen molar-refractivity contribution in [3.63, 3.8) is 0 Å². The second-order valence-corrected chi connectivity index (χ2v) is 3.87. The van der Waals surface area contributed by atoms with Gasteiger partial charge in [0.05, 0.1) is 0 Å². The van der Waals surface area contributed by atoms with E-state index < -0.39 is 0 Å². The topological polar surface area (TPSA) is 20.3 Å². The smallest absolute Gasteiger partial charge is 0.222 e. The normalized spacial score (nSPS) is 17.2. The first-order chi connectivity index (χ1) is 6.77. The number of hydrogen-bond donors (Lipinski definition) is 0. The lowest BCUT2D eigenvalue weighted by atomic mass is 9.99. The van der Waals surface area contributed by atoms with Gasteiger partial charge in [0.2, 0.25) is 5.91 Å². The summed E-state index contributed by atoms with van der Waals surface area (Å²) < 4.78 is 0. The third-order valence-electron chi connectivity index (χ3n) is 2.79. The standard InChI is InChI=1S/C12H15NO/c1-13-9-11-6-3-2-5-10(11)7-4-8-12(13)14/h2-3,5-6H,4,7-9H2,1H3. The second-order valence-electron chi connectivity index (χ2n) is 3.87. The minimum Gasteiger partial charge on any atom is -0.341 e. The van der Waals surface area contributed by atoms with Gasteiger partial charge in [-0.15, -0.1) is 0 Å². The molecule has 2 heteroatoms. The van der Waals surface area contributed by atoms with E-state index >= 15 is 0 Å². The van der Waals surface area contributed by atoms with Crippen molar-refractivity contribution in [1.29, 1.82) is 0 Å². The molecule has 0 unspecified atom stereocenters. The van der Waals surface area contributed by atoms with Crippen LogP contribution in [0, 0.1) is 0 Å². The molecule has 14 heavy (non-hydrogen) atoms. The van der Waals surface area contributed by atoms with Gasteiger partial charge in [0.25, 0.3) is 0 Å². The quantitative estimate of drug-likeness (QED) is 0.611. The maximum atomic E-state index is 11.5. The summed E-state index contributed by atoms with van der Waals surface area (Å²) in [6, 6.07) is 8.39. The number of carbonyl (C=O) groups is 1. The molecule has 0 saturated heterocycles. The van der Waals surface area contributed by atoms with Crippen LogP contribution in [-0.2, 0) is 17.8 Å². The summed E-state index contributed by atoms with van der Waals surface area (Å²) >= 11 is 0. The Kier molecular flexibility index (Phi) is 2.53. The molecule has 1 aliphatic heterocycles. The maximum absolute atomic E-state index is 11.5. The van der Waals surface area contributed by atoms with Crippen molar-refractivity contribution in [2.75, 3.05) is 7.05 Å². The van der Waals surface area contributed by atoms with E-state index in [9.17, 15) is 4.79 Å². The first-order valence-corrected chi connectivity index (χ1v) is 5.08. The van der Waals surface area contributed by atoms with Crippen molar-refractivity contribution in [3.8, 4) is 0 Å². The van der Waals surface area contributed by atoms with Crippen molar-refractivity contribution in [3.05, 3.63) is 35.4 Å². The predicted molar refractivity (Wildman–Crippen MR) is 55.9 cm³/mol. The van der Waals surface area contributed by atoms with Crippen molar-refractivity contribution < 1.29 is 4.79 Å². The third-order valence-corrected chi connectivity index (χ3v) is 2.79. The summed E-state index contributed by atoms with van der Waals surface area (Å²) in [5, 5.41) is 0. The van der Waals surface area contributed by atoms with Crippen LogP contribution in [0.15, 0.2) is 24.3 Å². The Labute approximate surface area is 84.5 Å². The average Bonchev–Trinajstić information content (AvgIpc) is 2.18. The molecule has 2 rings (SSSR count). The molecule has 0 bridgehead atoms. The van der Waals surface area contributed by atoms with E-state index in [0.717, 1.165) is 19.4 Å². The van der Waals surface area contributed by atoms with E-state index in [2.05, 4.69) is 18.2 Å². The van der Waals surface area contributed by atoms with Gasteiger partial charge in [0, 0.05) is 20.0 Å². The Morgan fingerprint density at radius 3 is 2.64 bits per heavy atom. The van der Waals surface area contributed by atoms with Crippen LogP contribution in [0.2, 0.25) is 0 Å². The van der Waals surface area contributed by atoms with Crippen molar-refractivity contribution in [1.82, 2.24) is 4.90 Å². The summed E-state index contributed by atoms with van der Waals surface area (Å²) in [5.41, 5.74) is 2.69. The van der Waals surface area contributed by atoms with E-state index in [-0.39, 0.29) is 5.91 Å². The lowest BCUT2D eigenvalue weighted by Gasteiger charge is -2.22. The lowest BCUT2D eigenvalue weighted by molar-refractivity contribution is -0.130. The van der Waals surface area contributed by atoms with Crippen LogP contribution in [-0.4, -0.2) is 17.9 Å². The minimum atomic E-state index is 0.263.